The van der Waals surface area contributed by atoms with Gasteiger partial charge in [-0.3, -0.25) is 0 Å². The second-order valence-corrected chi connectivity index (χ2v) is 12.5. The van der Waals surface area contributed by atoms with E-state index in [2.05, 4.69) is 184 Å². The van der Waals surface area contributed by atoms with Crippen LogP contribution in [-0.2, 0) is 0 Å². The fraction of sp³-hybridized carbons (Fsp3) is 0.0833. The van der Waals surface area contributed by atoms with E-state index in [9.17, 15) is 0 Å². The van der Waals surface area contributed by atoms with E-state index in [-0.39, 0.29) is 0 Å². The molecule has 0 amide bonds. The molecule has 232 valence electrons. The van der Waals surface area contributed by atoms with Gasteiger partial charge in [0.25, 0.3) is 0 Å². The van der Waals surface area contributed by atoms with Crippen LogP contribution in [0.25, 0.3) is 65.7 Å². The highest BCUT2D eigenvalue weighted by Gasteiger charge is 2.18. The molecule has 48 heavy (non-hydrogen) atoms. The van der Waals surface area contributed by atoms with Crippen LogP contribution in [0.1, 0.15) is 24.5 Å². The molecule has 0 N–H and O–H groups in total. The van der Waals surface area contributed by atoms with Crippen LogP contribution in [0.15, 0.2) is 182 Å². The average molecular weight is 617 g/mol. The molecule has 0 aliphatic heterocycles. The third-order valence-corrected chi connectivity index (χ3v) is 9.29. The van der Waals surface area contributed by atoms with Gasteiger partial charge in [0.2, 0.25) is 0 Å². The average Bonchev–Trinajstić information content (AvgIpc) is 3.14. The molecule has 1 aliphatic carbocycles. The topological polar surface area (TPSA) is 0 Å². The Bertz CT molecular complexity index is 2310. The first kappa shape index (κ1) is 30.9. The van der Waals surface area contributed by atoms with Crippen LogP contribution in [0.5, 0.6) is 0 Å². The Balaban J connectivity index is 0.000000315. The number of fused-ring (bicyclic) bond motifs is 3. The van der Waals surface area contributed by atoms with Gasteiger partial charge in [-0.25, -0.2) is 0 Å². The number of rotatable bonds is 4. The maximum absolute atomic E-state index is 2.40. The summed E-state index contributed by atoms with van der Waals surface area (Å²) in [7, 11) is 0. The molecule has 1 aliphatic rings. The van der Waals surface area contributed by atoms with Crippen molar-refractivity contribution in [2.24, 2.45) is 0 Å². The van der Waals surface area contributed by atoms with Gasteiger partial charge < -0.3 is 0 Å². The highest BCUT2D eigenvalue weighted by atomic mass is 14.2. The van der Waals surface area contributed by atoms with Gasteiger partial charge in [-0.1, -0.05) is 175 Å². The van der Waals surface area contributed by atoms with Gasteiger partial charge >= 0.3 is 0 Å². The van der Waals surface area contributed by atoms with Crippen molar-refractivity contribution in [2.45, 2.75) is 27.2 Å². The number of allylic oxidation sites excluding steroid dienone is 8. The molecular formula is C48H40. The van der Waals surface area contributed by atoms with E-state index in [0.29, 0.717) is 0 Å². The van der Waals surface area contributed by atoms with E-state index in [1.165, 1.54) is 82.4 Å². The van der Waals surface area contributed by atoms with Gasteiger partial charge in [0.05, 0.1) is 0 Å². The SMILES string of the molecule is C/C=C\C=C1\C=CC=CC1.Cc1ccc(-c2c3ccccc3c(-c3cc(-c4cccc5ccccc45)ccc3C)c3ccccc23)cc1. The summed E-state index contributed by atoms with van der Waals surface area (Å²) in [5.41, 5.74) is 11.6. The first-order chi connectivity index (χ1) is 23.6. The van der Waals surface area contributed by atoms with Crippen LogP contribution in [-0.4, -0.2) is 0 Å². The van der Waals surface area contributed by atoms with E-state index in [1.807, 2.05) is 13.0 Å². The van der Waals surface area contributed by atoms with Crippen molar-refractivity contribution in [3.63, 3.8) is 0 Å². The maximum atomic E-state index is 2.40. The maximum Gasteiger partial charge on any atom is -0.00235 e. The van der Waals surface area contributed by atoms with Gasteiger partial charge in [0, 0.05) is 0 Å². The van der Waals surface area contributed by atoms with Gasteiger partial charge in [-0.2, -0.15) is 0 Å². The quantitative estimate of drug-likeness (QED) is 0.173. The number of aryl methyl sites for hydroxylation is 2. The zero-order valence-corrected chi connectivity index (χ0v) is 28.0. The monoisotopic (exact) mass is 616 g/mol. The van der Waals surface area contributed by atoms with E-state index in [1.54, 1.807) is 0 Å². The smallest absolute Gasteiger partial charge is 0.00235 e. The summed E-state index contributed by atoms with van der Waals surface area (Å²) in [6, 6.07) is 49.0. The first-order valence-electron chi connectivity index (χ1n) is 16.9. The number of hydrogen-bond acceptors (Lipinski definition) is 0. The molecule has 0 atom stereocenters. The lowest BCUT2D eigenvalue weighted by atomic mass is 9.84. The molecule has 0 nitrogen and oxygen atoms in total. The fourth-order valence-electron chi connectivity index (χ4n) is 6.86. The summed E-state index contributed by atoms with van der Waals surface area (Å²) in [5.74, 6) is 0. The second kappa shape index (κ2) is 14.0. The predicted octanol–water partition coefficient (Wildman–Crippen LogP) is 13.8. The number of benzene rings is 7. The third-order valence-electron chi connectivity index (χ3n) is 9.29. The molecule has 0 aromatic heterocycles. The molecule has 0 saturated carbocycles. The van der Waals surface area contributed by atoms with Crippen LogP contribution >= 0.6 is 0 Å². The normalized spacial score (nSPS) is 13.4. The Morgan fingerprint density at radius 1 is 0.521 bits per heavy atom. The van der Waals surface area contributed by atoms with E-state index < -0.39 is 0 Å². The Morgan fingerprint density at radius 3 is 1.77 bits per heavy atom. The molecule has 8 rings (SSSR count). The van der Waals surface area contributed by atoms with Crippen molar-refractivity contribution in [1.82, 2.24) is 0 Å². The van der Waals surface area contributed by atoms with E-state index in [4.69, 9.17) is 0 Å². The molecule has 0 heterocycles. The highest BCUT2D eigenvalue weighted by molar-refractivity contribution is 6.21. The predicted molar refractivity (Wildman–Crippen MR) is 211 cm³/mol. The Morgan fingerprint density at radius 2 is 1.12 bits per heavy atom. The molecule has 0 heteroatoms. The van der Waals surface area contributed by atoms with Crippen LogP contribution in [0.3, 0.4) is 0 Å². The molecule has 7 aromatic carbocycles. The van der Waals surface area contributed by atoms with Crippen LogP contribution in [0.2, 0.25) is 0 Å². The lowest BCUT2D eigenvalue weighted by Gasteiger charge is -2.19. The summed E-state index contributed by atoms with van der Waals surface area (Å²) < 4.78 is 0. The largest absolute Gasteiger partial charge is 0.0877 e. The minimum Gasteiger partial charge on any atom is -0.0877 e. The minimum absolute atomic E-state index is 1.07. The standard InChI is InChI=1S/C38H28.C10H12/c1-25-18-21-28(22-19-25)37-32-13-5-7-15-34(32)38(35-16-8-6-14-33(35)37)36-24-29(23-20-26(36)2)31-17-9-11-27-10-3-4-12-30(27)31;1-2-3-7-10-8-5-4-6-9-10/h3-24H,1-2H3;2-8H,9H2,1H3/b;3-2-,10-7-. The number of hydrogen-bond donors (Lipinski definition) is 0. The van der Waals surface area contributed by atoms with Crippen molar-refractivity contribution in [3.8, 4) is 33.4 Å². The minimum atomic E-state index is 1.07. The van der Waals surface area contributed by atoms with E-state index >= 15 is 0 Å². The molecule has 7 aromatic rings. The summed E-state index contributed by atoms with van der Waals surface area (Å²) in [6.07, 6.45) is 15.8. The Kier molecular flexibility index (Phi) is 8.99. The van der Waals surface area contributed by atoms with E-state index in [0.717, 1.165) is 6.42 Å². The summed E-state index contributed by atoms with van der Waals surface area (Å²) in [4.78, 5) is 0. The molecule has 0 bridgehead atoms. The van der Waals surface area contributed by atoms with Crippen LogP contribution in [0, 0.1) is 13.8 Å². The third kappa shape index (κ3) is 6.18. The zero-order chi connectivity index (χ0) is 32.9. The summed E-state index contributed by atoms with van der Waals surface area (Å²) in [6.45, 7) is 6.41. The summed E-state index contributed by atoms with van der Waals surface area (Å²) >= 11 is 0. The van der Waals surface area contributed by atoms with Crippen molar-refractivity contribution < 1.29 is 0 Å². The first-order valence-corrected chi connectivity index (χ1v) is 16.9. The van der Waals surface area contributed by atoms with Crippen molar-refractivity contribution in [2.75, 3.05) is 0 Å². The molecule has 0 radical (unpaired) electrons. The summed E-state index contributed by atoms with van der Waals surface area (Å²) in [5, 5.41) is 7.72. The van der Waals surface area contributed by atoms with Gasteiger partial charge in [0.15, 0.2) is 0 Å². The van der Waals surface area contributed by atoms with Crippen LogP contribution < -0.4 is 0 Å². The highest BCUT2D eigenvalue weighted by Crippen LogP contribution is 2.45. The van der Waals surface area contributed by atoms with Gasteiger partial charge in [-0.05, 0) is 110 Å². The molecular weight excluding hydrogens is 577 g/mol. The zero-order valence-electron chi connectivity index (χ0n) is 28.0. The van der Waals surface area contributed by atoms with Gasteiger partial charge in [0.1, 0.15) is 0 Å². The lowest BCUT2D eigenvalue weighted by Crippen LogP contribution is -1.93. The molecule has 0 fully saturated rings. The van der Waals surface area contributed by atoms with Crippen molar-refractivity contribution >= 4 is 32.3 Å². The lowest BCUT2D eigenvalue weighted by molar-refractivity contribution is 1.26. The molecule has 0 saturated heterocycles. The van der Waals surface area contributed by atoms with Crippen molar-refractivity contribution in [1.29, 1.82) is 0 Å². The second-order valence-electron chi connectivity index (χ2n) is 12.5. The fourth-order valence-corrected chi connectivity index (χ4v) is 6.86. The molecule has 0 spiro atoms. The Labute approximate surface area is 284 Å². The molecule has 0 unspecified atom stereocenters. The van der Waals surface area contributed by atoms with Gasteiger partial charge in [-0.15, -0.1) is 0 Å². The Hall–Kier alpha value is -5.72. The van der Waals surface area contributed by atoms with Crippen LogP contribution in [0.4, 0.5) is 0 Å². The van der Waals surface area contributed by atoms with Crippen molar-refractivity contribution in [3.05, 3.63) is 193 Å².